The zero-order valence-corrected chi connectivity index (χ0v) is 17.3. The number of aryl methyl sites for hydroxylation is 3. The maximum absolute atomic E-state index is 12.9. The number of rotatable bonds is 4. The fourth-order valence-corrected chi connectivity index (χ4v) is 4.33. The molecule has 0 saturated carbocycles. The zero-order valence-electron chi connectivity index (χ0n) is 16.5. The topological polar surface area (TPSA) is 129 Å². The molecule has 150 valence electrons. The van der Waals surface area contributed by atoms with E-state index < -0.39 is 0 Å². The molecule has 30 heavy (non-hydrogen) atoms. The van der Waals surface area contributed by atoms with Crippen molar-refractivity contribution in [3.05, 3.63) is 68.1 Å². The van der Waals surface area contributed by atoms with E-state index in [1.165, 1.54) is 10.9 Å². The van der Waals surface area contributed by atoms with Crippen LogP contribution in [0, 0.1) is 32.1 Å². The molecule has 0 atom stereocenters. The Morgan fingerprint density at radius 1 is 1.33 bits per heavy atom. The lowest BCUT2D eigenvalue weighted by Gasteiger charge is -2.08. The Labute approximate surface area is 175 Å². The van der Waals surface area contributed by atoms with Crippen LogP contribution in [0.15, 0.2) is 29.3 Å². The molecular weight excluding hydrogens is 402 g/mol. The van der Waals surface area contributed by atoms with Crippen molar-refractivity contribution in [2.75, 3.05) is 5.32 Å². The first kappa shape index (κ1) is 19.5. The third-order valence-electron chi connectivity index (χ3n) is 4.72. The second kappa shape index (κ2) is 7.53. The molecule has 0 spiro atoms. The Hall–Kier alpha value is -3.84. The highest BCUT2D eigenvalue weighted by atomic mass is 32.1. The molecule has 0 aliphatic rings. The normalized spacial score (nSPS) is 10.9. The average molecular weight is 419 g/mol. The lowest BCUT2D eigenvalue weighted by atomic mass is 10.1. The van der Waals surface area contributed by atoms with E-state index in [1.54, 1.807) is 6.92 Å². The van der Waals surface area contributed by atoms with Crippen molar-refractivity contribution in [3.63, 3.8) is 0 Å². The Balaban J connectivity index is 1.69. The van der Waals surface area contributed by atoms with Crippen LogP contribution in [0.4, 0.5) is 5.69 Å². The van der Waals surface area contributed by atoms with E-state index in [9.17, 15) is 9.59 Å². The van der Waals surface area contributed by atoms with Gasteiger partial charge in [0.15, 0.2) is 0 Å². The lowest BCUT2D eigenvalue weighted by Crippen LogP contribution is -2.15. The SMILES string of the molecule is Cc1ccc(NC(=O)c2sc3nc(Cn4cnnc4C#N)[nH]c(=O)c3c2C)c(C)c1. The number of aromatic nitrogens is 5. The Bertz CT molecular complexity index is 1390. The largest absolute Gasteiger partial charge is 0.321 e. The summed E-state index contributed by atoms with van der Waals surface area (Å²) in [6.45, 7) is 5.80. The van der Waals surface area contributed by atoms with E-state index in [4.69, 9.17) is 5.26 Å². The minimum absolute atomic E-state index is 0.119. The molecule has 0 fully saturated rings. The first-order valence-corrected chi connectivity index (χ1v) is 9.88. The molecule has 4 rings (SSSR count). The van der Waals surface area contributed by atoms with Crippen LogP contribution in [-0.4, -0.2) is 30.6 Å². The number of aromatic amines is 1. The Morgan fingerprint density at radius 2 is 2.13 bits per heavy atom. The highest BCUT2D eigenvalue weighted by Gasteiger charge is 2.20. The van der Waals surface area contributed by atoms with E-state index in [2.05, 4.69) is 25.5 Å². The van der Waals surface area contributed by atoms with Crippen LogP contribution in [0.25, 0.3) is 10.2 Å². The Morgan fingerprint density at radius 3 is 2.87 bits per heavy atom. The predicted octanol–water partition coefficient (Wildman–Crippen LogP) is 2.67. The summed E-state index contributed by atoms with van der Waals surface area (Å²) >= 11 is 1.16. The predicted molar refractivity (Wildman–Crippen MR) is 113 cm³/mol. The third-order valence-corrected chi connectivity index (χ3v) is 5.91. The maximum atomic E-state index is 12.9. The number of nitrogens with zero attached hydrogens (tertiary/aromatic N) is 5. The van der Waals surface area contributed by atoms with Crippen LogP contribution in [-0.2, 0) is 6.54 Å². The summed E-state index contributed by atoms with van der Waals surface area (Å²) in [5.74, 6) is 0.189. The molecule has 9 nitrogen and oxygen atoms in total. The molecule has 0 aliphatic carbocycles. The van der Waals surface area contributed by atoms with Gasteiger partial charge < -0.3 is 10.3 Å². The van der Waals surface area contributed by atoms with E-state index in [1.807, 2.05) is 38.1 Å². The van der Waals surface area contributed by atoms with Crippen LogP contribution in [0.1, 0.15) is 38.0 Å². The number of hydrogen-bond acceptors (Lipinski definition) is 7. The molecule has 0 unspecified atom stereocenters. The van der Waals surface area contributed by atoms with Gasteiger partial charge in [0.05, 0.1) is 16.8 Å². The maximum Gasteiger partial charge on any atom is 0.266 e. The van der Waals surface area contributed by atoms with E-state index in [-0.39, 0.29) is 23.8 Å². The number of H-pyrrole nitrogens is 1. The summed E-state index contributed by atoms with van der Waals surface area (Å²) in [5.41, 5.74) is 3.05. The highest BCUT2D eigenvalue weighted by molar-refractivity contribution is 7.20. The molecule has 1 amide bonds. The number of fused-ring (bicyclic) bond motifs is 1. The molecule has 0 bridgehead atoms. The number of carbonyl (C=O) groups excluding carboxylic acids is 1. The third kappa shape index (κ3) is 3.46. The van der Waals surface area contributed by atoms with Crippen molar-refractivity contribution in [2.45, 2.75) is 27.3 Å². The number of anilines is 1. The van der Waals surface area contributed by atoms with Crippen molar-refractivity contribution >= 4 is 33.1 Å². The summed E-state index contributed by atoms with van der Waals surface area (Å²) in [7, 11) is 0. The number of carbonyl (C=O) groups is 1. The van der Waals surface area contributed by atoms with Gasteiger partial charge in [-0.05, 0) is 38.0 Å². The van der Waals surface area contributed by atoms with E-state index in [0.29, 0.717) is 26.5 Å². The molecule has 0 radical (unpaired) electrons. The van der Waals surface area contributed by atoms with Gasteiger partial charge in [-0.15, -0.1) is 21.5 Å². The number of nitriles is 1. The van der Waals surface area contributed by atoms with Gasteiger partial charge in [0.2, 0.25) is 5.82 Å². The van der Waals surface area contributed by atoms with Gasteiger partial charge >= 0.3 is 0 Å². The molecular formula is C20H17N7O2S. The molecule has 0 aliphatic heterocycles. The van der Waals surface area contributed by atoms with E-state index in [0.717, 1.165) is 28.2 Å². The van der Waals surface area contributed by atoms with E-state index >= 15 is 0 Å². The number of benzene rings is 1. The van der Waals surface area contributed by atoms with Gasteiger partial charge in [0.1, 0.15) is 23.1 Å². The summed E-state index contributed by atoms with van der Waals surface area (Å²) in [4.78, 5) is 33.6. The van der Waals surface area contributed by atoms with Crippen molar-refractivity contribution in [3.8, 4) is 6.07 Å². The minimum Gasteiger partial charge on any atom is -0.321 e. The monoisotopic (exact) mass is 419 g/mol. The van der Waals surface area contributed by atoms with Crippen LogP contribution < -0.4 is 10.9 Å². The van der Waals surface area contributed by atoms with Crippen molar-refractivity contribution in [1.29, 1.82) is 5.26 Å². The molecule has 10 heteroatoms. The Kier molecular flexibility index (Phi) is 4.89. The van der Waals surface area contributed by atoms with Crippen LogP contribution in [0.5, 0.6) is 0 Å². The fourth-order valence-electron chi connectivity index (χ4n) is 3.23. The van der Waals surface area contributed by atoms with Crippen LogP contribution in [0.2, 0.25) is 0 Å². The lowest BCUT2D eigenvalue weighted by molar-refractivity contribution is 0.103. The number of thiophene rings is 1. The number of amides is 1. The summed E-state index contributed by atoms with van der Waals surface area (Å²) in [6.07, 6.45) is 1.39. The van der Waals surface area contributed by atoms with Gasteiger partial charge in [0, 0.05) is 5.69 Å². The van der Waals surface area contributed by atoms with Gasteiger partial charge in [0.25, 0.3) is 11.5 Å². The van der Waals surface area contributed by atoms with Crippen molar-refractivity contribution in [1.82, 2.24) is 24.7 Å². The second-order valence-electron chi connectivity index (χ2n) is 6.92. The number of nitrogens with one attached hydrogen (secondary N) is 2. The molecule has 4 aromatic rings. The summed E-state index contributed by atoms with van der Waals surface area (Å²) < 4.78 is 1.48. The molecule has 0 saturated heterocycles. The zero-order chi connectivity index (χ0) is 21.4. The molecule has 1 aromatic carbocycles. The van der Waals surface area contributed by atoms with Gasteiger partial charge in [-0.2, -0.15) is 5.26 Å². The first-order chi connectivity index (χ1) is 14.4. The number of hydrogen-bond donors (Lipinski definition) is 2. The van der Waals surface area contributed by atoms with Crippen molar-refractivity contribution < 1.29 is 4.79 Å². The standard InChI is InChI=1S/C20H17N7O2S/c1-10-4-5-13(11(2)6-10)23-19(29)17-12(3)16-18(28)24-14(25-20(16)30-17)8-27-9-22-26-15(27)7-21/h4-6,9H,8H2,1-3H3,(H,23,29)(H,24,25,28). The van der Waals surface area contributed by atoms with Gasteiger partial charge in [-0.1, -0.05) is 17.7 Å². The summed E-state index contributed by atoms with van der Waals surface area (Å²) in [6, 6.07) is 7.71. The quantitative estimate of drug-likeness (QED) is 0.523. The van der Waals surface area contributed by atoms with Gasteiger partial charge in [-0.25, -0.2) is 4.98 Å². The minimum atomic E-state index is -0.333. The molecule has 3 aromatic heterocycles. The fraction of sp³-hybridized carbons (Fsp3) is 0.200. The smallest absolute Gasteiger partial charge is 0.266 e. The second-order valence-corrected chi connectivity index (χ2v) is 7.91. The van der Waals surface area contributed by atoms with Gasteiger partial charge in [-0.3, -0.25) is 14.2 Å². The molecule has 2 N–H and O–H groups in total. The van der Waals surface area contributed by atoms with Crippen LogP contribution in [0.3, 0.4) is 0 Å². The van der Waals surface area contributed by atoms with Crippen molar-refractivity contribution in [2.24, 2.45) is 0 Å². The highest BCUT2D eigenvalue weighted by Crippen LogP contribution is 2.28. The summed E-state index contributed by atoms with van der Waals surface area (Å²) in [5, 5.41) is 19.7. The molecule has 3 heterocycles. The average Bonchev–Trinajstić information content (AvgIpc) is 3.28. The first-order valence-electron chi connectivity index (χ1n) is 9.06. The van der Waals surface area contributed by atoms with Crippen LogP contribution >= 0.6 is 11.3 Å².